The van der Waals surface area contributed by atoms with E-state index in [-0.39, 0.29) is 0 Å². The molecule has 0 aromatic carbocycles. The highest BCUT2D eigenvalue weighted by Crippen LogP contribution is 2.20. The fraction of sp³-hybridized carbons (Fsp3) is 0.955. The lowest BCUT2D eigenvalue weighted by atomic mass is 9.99. The summed E-state index contributed by atoms with van der Waals surface area (Å²) in [7, 11) is 0. The van der Waals surface area contributed by atoms with Crippen LogP contribution < -0.4 is 5.32 Å². The molecule has 0 aliphatic carbocycles. The van der Waals surface area contributed by atoms with E-state index >= 15 is 0 Å². The van der Waals surface area contributed by atoms with Crippen molar-refractivity contribution in [3.63, 3.8) is 0 Å². The SMILES string of the molecule is CCCCCCCCCCCCCC/C=C\CCCCCCCCCCCC(O)C(=O)NC(CO)C(O)C(O)CCCCCCCCCCCCCCCCCCCCCCCCCCCCCCCCCC. The predicted molar refractivity (Wildman–Crippen MR) is 321 cm³/mol. The van der Waals surface area contributed by atoms with Crippen LogP contribution in [-0.4, -0.2) is 57.3 Å². The summed E-state index contributed by atoms with van der Waals surface area (Å²) in [5.41, 5.74) is 0. The first-order valence-corrected chi connectivity index (χ1v) is 33.6. The van der Waals surface area contributed by atoms with Crippen LogP contribution in [0.4, 0.5) is 0 Å². The number of aliphatic hydroxyl groups is 4. The Bertz CT molecular complexity index is 1070. The first-order valence-electron chi connectivity index (χ1n) is 33.6. The molecule has 0 aliphatic rings. The van der Waals surface area contributed by atoms with E-state index in [1.807, 2.05) is 0 Å². The fourth-order valence-corrected chi connectivity index (χ4v) is 11.0. The Morgan fingerprint density at radius 3 is 0.795 bits per heavy atom. The minimum atomic E-state index is -1.26. The molecule has 1 amide bonds. The van der Waals surface area contributed by atoms with Gasteiger partial charge in [0.1, 0.15) is 12.2 Å². The molecule has 0 heterocycles. The molecule has 0 saturated heterocycles. The third kappa shape index (κ3) is 55.6. The third-order valence-electron chi connectivity index (χ3n) is 16.2. The minimum absolute atomic E-state index is 0.370. The summed E-state index contributed by atoms with van der Waals surface area (Å²) in [5, 5.41) is 44.2. The number of amides is 1. The molecule has 0 fully saturated rings. The van der Waals surface area contributed by atoms with E-state index < -0.39 is 36.9 Å². The normalized spacial score (nSPS) is 13.6. The van der Waals surface area contributed by atoms with Crippen LogP contribution in [0.15, 0.2) is 12.2 Å². The Hall–Kier alpha value is -0.950. The number of aliphatic hydroxyl groups excluding tert-OH is 4. The summed E-state index contributed by atoms with van der Waals surface area (Å²) < 4.78 is 0. The molecule has 0 spiro atoms. The largest absolute Gasteiger partial charge is 0.394 e. The molecule has 5 N–H and O–H groups in total. The zero-order valence-corrected chi connectivity index (χ0v) is 49.7. The van der Waals surface area contributed by atoms with E-state index in [0.717, 1.165) is 38.5 Å². The lowest BCUT2D eigenvalue weighted by molar-refractivity contribution is -0.132. The van der Waals surface area contributed by atoms with Crippen molar-refractivity contribution in [1.29, 1.82) is 0 Å². The van der Waals surface area contributed by atoms with E-state index in [9.17, 15) is 25.2 Å². The van der Waals surface area contributed by atoms with E-state index in [1.165, 1.54) is 315 Å². The smallest absolute Gasteiger partial charge is 0.249 e. The van der Waals surface area contributed by atoms with Crippen molar-refractivity contribution in [2.75, 3.05) is 6.61 Å². The lowest BCUT2D eigenvalue weighted by Crippen LogP contribution is -2.53. The quantitative estimate of drug-likeness (QED) is 0.0308. The van der Waals surface area contributed by atoms with Crippen molar-refractivity contribution in [2.24, 2.45) is 0 Å². The maximum absolute atomic E-state index is 12.6. The average molecular weight is 1030 g/mol. The number of unbranched alkanes of at least 4 members (excludes halogenated alkanes) is 52. The average Bonchev–Trinajstić information content (AvgIpc) is 3.40. The van der Waals surface area contributed by atoms with E-state index in [1.54, 1.807) is 0 Å². The molecular weight excluding hydrogens is 899 g/mol. The van der Waals surface area contributed by atoms with Gasteiger partial charge in [-0.1, -0.05) is 353 Å². The fourth-order valence-electron chi connectivity index (χ4n) is 11.0. The number of rotatable bonds is 63. The Balaban J connectivity index is 3.53. The van der Waals surface area contributed by atoms with Gasteiger partial charge in [0.2, 0.25) is 5.91 Å². The lowest BCUT2D eigenvalue weighted by Gasteiger charge is -2.27. The van der Waals surface area contributed by atoms with Crippen LogP contribution in [0.5, 0.6) is 0 Å². The second-order valence-corrected chi connectivity index (χ2v) is 23.5. The maximum atomic E-state index is 12.6. The zero-order chi connectivity index (χ0) is 53.0. The molecule has 6 nitrogen and oxygen atoms in total. The number of nitrogens with one attached hydrogen (secondary N) is 1. The van der Waals surface area contributed by atoms with E-state index in [2.05, 4.69) is 31.3 Å². The van der Waals surface area contributed by atoms with Gasteiger partial charge in [-0.25, -0.2) is 0 Å². The Morgan fingerprint density at radius 1 is 0.329 bits per heavy atom. The first-order chi connectivity index (χ1) is 36.0. The zero-order valence-electron chi connectivity index (χ0n) is 49.7. The summed E-state index contributed by atoms with van der Waals surface area (Å²) in [6.07, 6.45) is 76.1. The van der Waals surface area contributed by atoms with Crippen molar-refractivity contribution in [2.45, 2.75) is 404 Å². The molecule has 4 unspecified atom stereocenters. The van der Waals surface area contributed by atoms with Crippen molar-refractivity contribution >= 4 is 5.91 Å². The van der Waals surface area contributed by atoms with Crippen molar-refractivity contribution in [3.05, 3.63) is 12.2 Å². The molecular formula is C67H133NO5. The highest BCUT2D eigenvalue weighted by molar-refractivity contribution is 5.80. The molecule has 436 valence electrons. The summed E-state index contributed by atoms with van der Waals surface area (Å²) >= 11 is 0. The standard InChI is InChI=1S/C67H133NO5/c1-3-5-7-9-11-13-15-17-19-21-23-25-27-29-30-31-32-33-34-35-37-38-40-42-44-46-48-50-52-54-56-58-60-64(70)66(72)63(62-69)68-67(73)65(71)61-59-57-55-53-51-49-47-45-43-41-39-36-28-26-24-22-20-18-16-14-12-10-8-6-4-2/h36,39,63-66,69-72H,3-35,37-38,40-62H2,1-2H3,(H,68,73)/b39-36-. The van der Waals surface area contributed by atoms with Gasteiger partial charge in [-0.05, 0) is 38.5 Å². The number of allylic oxidation sites excluding steroid dienone is 2. The predicted octanol–water partition coefficient (Wildman–Crippen LogP) is 20.4. The van der Waals surface area contributed by atoms with Crippen LogP contribution in [0.25, 0.3) is 0 Å². The third-order valence-corrected chi connectivity index (χ3v) is 16.2. The summed E-state index contributed by atoms with van der Waals surface area (Å²) in [5.74, 6) is -0.578. The molecule has 0 radical (unpaired) electrons. The molecule has 0 saturated carbocycles. The Kier molecular flexibility index (Phi) is 61.1. The first kappa shape index (κ1) is 72.0. The number of carbonyl (C=O) groups excluding carboxylic acids is 1. The Morgan fingerprint density at radius 2 is 0.548 bits per heavy atom. The van der Waals surface area contributed by atoms with Gasteiger partial charge in [0, 0.05) is 0 Å². The van der Waals surface area contributed by atoms with Gasteiger partial charge < -0.3 is 25.7 Å². The Labute approximate surface area is 457 Å². The summed E-state index contributed by atoms with van der Waals surface area (Å²) in [6.45, 7) is 4.11. The van der Waals surface area contributed by atoms with Crippen LogP contribution in [0, 0.1) is 0 Å². The molecule has 0 aromatic rings. The monoisotopic (exact) mass is 1030 g/mol. The van der Waals surface area contributed by atoms with Gasteiger partial charge in [-0.15, -0.1) is 0 Å². The second-order valence-electron chi connectivity index (χ2n) is 23.5. The van der Waals surface area contributed by atoms with Crippen LogP contribution in [0.1, 0.15) is 380 Å². The molecule has 0 bridgehead atoms. The van der Waals surface area contributed by atoms with E-state index in [4.69, 9.17) is 0 Å². The number of hydrogen-bond acceptors (Lipinski definition) is 5. The maximum Gasteiger partial charge on any atom is 0.249 e. The molecule has 4 atom stereocenters. The minimum Gasteiger partial charge on any atom is -0.394 e. The summed E-state index contributed by atoms with van der Waals surface area (Å²) in [6, 6.07) is -0.986. The highest BCUT2D eigenvalue weighted by Gasteiger charge is 2.28. The van der Waals surface area contributed by atoms with Crippen LogP contribution in [0.2, 0.25) is 0 Å². The van der Waals surface area contributed by atoms with Crippen LogP contribution in [-0.2, 0) is 4.79 Å². The van der Waals surface area contributed by atoms with Gasteiger partial charge in [-0.3, -0.25) is 4.79 Å². The van der Waals surface area contributed by atoms with Crippen molar-refractivity contribution < 1.29 is 25.2 Å². The summed E-state index contributed by atoms with van der Waals surface area (Å²) in [4.78, 5) is 12.6. The van der Waals surface area contributed by atoms with E-state index in [0.29, 0.717) is 12.8 Å². The van der Waals surface area contributed by atoms with Crippen molar-refractivity contribution in [3.8, 4) is 0 Å². The van der Waals surface area contributed by atoms with Gasteiger partial charge in [0.15, 0.2) is 0 Å². The number of hydrogen-bond donors (Lipinski definition) is 5. The van der Waals surface area contributed by atoms with Gasteiger partial charge in [0.05, 0.1) is 18.8 Å². The van der Waals surface area contributed by atoms with Crippen molar-refractivity contribution in [1.82, 2.24) is 5.32 Å². The topological polar surface area (TPSA) is 110 Å². The molecule has 0 rings (SSSR count). The molecule has 6 heteroatoms. The van der Waals surface area contributed by atoms with Gasteiger partial charge in [0.25, 0.3) is 0 Å². The molecule has 0 aliphatic heterocycles. The highest BCUT2D eigenvalue weighted by atomic mass is 16.3. The molecule has 73 heavy (non-hydrogen) atoms. The van der Waals surface area contributed by atoms with Crippen LogP contribution >= 0.6 is 0 Å². The van der Waals surface area contributed by atoms with Gasteiger partial charge in [-0.2, -0.15) is 0 Å². The molecule has 0 aromatic heterocycles. The van der Waals surface area contributed by atoms with Gasteiger partial charge >= 0.3 is 0 Å². The van der Waals surface area contributed by atoms with Crippen LogP contribution in [0.3, 0.4) is 0 Å². The second kappa shape index (κ2) is 61.9. The number of carbonyl (C=O) groups is 1.